The Balaban J connectivity index is 1.67. The van der Waals surface area contributed by atoms with E-state index in [0.29, 0.717) is 11.3 Å². The molecule has 3 rings (SSSR count). The average Bonchev–Trinajstić information content (AvgIpc) is 2.47. The molecule has 1 saturated heterocycles. The number of aryl methyl sites for hydroxylation is 1. The third-order valence-electron chi connectivity index (χ3n) is 4.07. The van der Waals surface area contributed by atoms with Gasteiger partial charge in [-0.2, -0.15) is 0 Å². The molecule has 1 aliphatic heterocycles. The van der Waals surface area contributed by atoms with Gasteiger partial charge in [0.2, 0.25) is 5.28 Å². The van der Waals surface area contributed by atoms with Crippen molar-refractivity contribution in [2.75, 3.05) is 24.5 Å². The van der Waals surface area contributed by atoms with Gasteiger partial charge in [-0.1, -0.05) is 30.3 Å². The number of piperazine rings is 1. The molecule has 0 saturated carbocycles. The highest BCUT2D eigenvalue weighted by atomic mass is 35.5. The van der Waals surface area contributed by atoms with Crippen molar-refractivity contribution in [2.24, 2.45) is 0 Å². The lowest BCUT2D eigenvalue weighted by Crippen LogP contribution is -2.51. The molecule has 2 heterocycles. The number of hydrogen-bond donors (Lipinski definition) is 0. The second kappa shape index (κ2) is 6.63. The maximum Gasteiger partial charge on any atom is 0.224 e. The van der Waals surface area contributed by atoms with Gasteiger partial charge in [0.05, 0.1) is 0 Å². The molecule has 1 aromatic carbocycles. The van der Waals surface area contributed by atoms with Gasteiger partial charge in [-0.3, -0.25) is 4.90 Å². The van der Waals surface area contributed by atoms with E-state index < -0.39 is 0 Å². The molecular weight excluding hydrogens is 296 g/mol. The van der Waals surface area contributed by atoms with E-state index in [1.807, 2.05) is 13.0 Å². The summed E-state index contributed by atoms with van der Waals surface area (Å²) in [5, 5.41) is 0.328. The topological polar surface area (TPSA) is 32.3 Å². The smallest absolute Gasteiger partial charge is 0.224 e. The van der Waals surface area contributed by atoms with Crippen molar-refractivity contribution in [1.29, 1.82) is 0 Å². The van der Waals surface area contributed by atoms with Crippen LogP contribution in [-0.2, 0) is 6.54 Å². The van der Waals surface area contributed by atoms with Gasteiger partial charge in [0.1, 0.15) is 5.82 Å². The first-order valence-electron chi connectivity index (χ1n) is 7.66. The summed E-state index contributed by atoms with van der Waals surface area (Å²) in [6, 6.07) is 13.0. The van der Waals surface area contributed by atoms with Gasteiger partial charge in [-0.25, -0.2) is 9.97 Å². The summed E-state index contributed by atoms with van der Waals surface area (Å²) < 4.78 is 0. The monoisotopic (exact) mass is 316 g/mol. The van der Waals surface area contributed by atoms with E-state index >= 15 is 0 Å². The quantitative estimate of drug-likeness (QED) is 0.814. The summed E-state index contributed by atoms with van der Waals surface area (Å²) in [5.74, 6) is 0.935. The zero-order chi connectivity index (χ0) is 15.5. The molecule has 1 unspecified atom stereocenters. The van der Waals surface area contributed by atoms with Crippen molar-refractivity contribution in [2.45, 2.75) is 26.4 Å². The van der Waals surface area contributed by atoms with Crippen LogP contribution in [0.25, 0.3) is 0 Å². The molecule has 1 atom stereocenters. The van der Waals surface area contributed by atoms with E-state index in [4.69, 9.17) is 11.6 Å². The van der Waals surface area contributed by atoms with E-state index in [2.05, 4.69) is 57.0 Å². The minimum atomic E-state index is 0.328. The molecule has 116 valence electrons. The van der Waals surface area contributed by atoms with E-state index in [-0.39, 0.29) is 0 Å². The summed E-state index contributed by atoms with van der Waals surface area (Å²) in [6.07, 6.45) is 0. The van der Waals surface area contributed by atoms with E-state index in [1.54, 1.807) is 0 Å². The first-order valence-corrected chi connectivity index (χ1v) is 8.04. The molecule has 1 aromatic heterocycles. The predicted molar refractivity (Wildman–Crippen MR) is 90.3 cm³/mol. The normalized spacial score (nSPS) is 19.4. The van der Waals surface area contributed by atoms with Crippen LogP contribution in [-0.4, -0.2) is 40.5 Å². The Bertz CT molecular complexity index is 612. The van der Waals surface area contributed by atoms with E-state index in [1.165, 1.54) is 5.56 Å². The van der Waals surface area contributed by atoms with Crippen molar-refractivity contribution in [3.63, 3.8) is 0 Å². The van der Waals surface area contributed by atoms with Gasteiger partial charge >= 0.3 is 0 Å². The number of aromatic nitrogens is 2. The molecule has 0 amide bonds. The Morgan fingerprint density at radius 3 is 2.64 bits per heavy atom. The summed E-state index contributed by atoms with van der Waals surface area (Å²) in [5.41, 5.74) is 2.28. The van der Waals surface area contributed by atoms with Crippen LogP contribution in [0.1, 0.15) is 18.2 Å². The second-order valence-corrected chi connectivity index (χ2v) is 6.24. The van der Waals surface area contributed by atoms with Gasteiger partial charge < -0.3 is 4.90 Å². The third kappa shape index (κ3) is 3.57. The molecule has 22 heavy (non-hydrogen) atoms. The average molecular weight is 317 g/mol. The molecule has 5 heteroatoms. The van der Waals surface area contributed by atoms with Crippen molar-refractivity contribution in [3.05, 3.63) is 52.9 Å². The highest BCUT2D eigenvalue weighted by molar-refractivity contribution is 6.28. The van der Waals surface area contributed by atoms with Crippen LogP contribution in [0.5, 0.6) is 0 Å². The van der Waals surface area contributed by atoms with Gasteiger partial charge in [0.25, 0.3) is 0 Å². The Labute approximate surface area is 136 Å². The Morgan fingerprint density at radius 1 is 1.18 bits per heavy atom. The Hall–Kier alpha value is -1.65. The van der Waals surface area contributed by atoms with Crippen LogP contribution in [0, 0.1) is 6.92 Å². The number of benzene rings is 1. The second-order valence-electron chi connectivity index (χ2n) is 5.90. The van der Waals surface area contributed by atoms with E-state index in [9.17, 15) is 0 Å². The Kier molecular flexibility index (Phi) is 4.60. The maximum absolute atomic E-state index is 5.99. The van der Waals surface area contributed by atoms with Crippen LogP contribution >= 0.6 is 11.6 Å². The van der Waals surface area contributed by atoms with E-state index in [0.717, 1.165) is 37.7 Å². The zero-order valence-corrected chi connectivity index (χ0v) is 13.8. The summed E-state index contributed by atoms with van der Waals surface area (Å²) >= 11 is 5.99. The number of halogens is 1. The van der Waals surface area contributed by atoms with Gasteiger partial charge in [0.15, 0.2) is 0 Å². The van der Waals surface area contributed by atoms with Crippen LogP contribution in [0.15, 0.2) is 36.4 Å². The molecule has 1 aliphatic rings. The molecule has 0 aliphatic carbocycles. The minimum Gasteiger partial charge on any atom is -0.351 e. The molecule has 1 fully saturated rings. The summed E-state index contributed by atoms with van der Waals surface area (Å²) in [6.45, 7) is 8.20. The van der Waals surface area contributed by atoms with Crippen molar-refractivity contribution < 1.29 is 0 Å². The fourth-order valence-electron chi connectivity index (χ4n) is 3.02. The largest absolute Gasteiger partial charge is 0.351 e. The van der Waals surface area contributed by atoms with Crippen molar-refractivity contribution in [3.8, 4) is 0 Å². The lowest BCUT2D eigenvalue weighted by Gasteiger charge is -2.40. The van der Waals surface area contributed by atoms with Crippen LogP contribution in [0.4, 0.5) is 5.82 Å². The molecule has 0 spiro atoms. The van der Waals surface area contributed by atoms with Gasteiger partial charge in [-0.15, -0.1) is 0 Å². The molecule has 0 N–H and O–H groups in total. The standard InChI is InChI=1S/C17H21ClN4/c1-13-10-16(20-17(18)19-13)22-9-8-21(11-14(22)2)12-15-6-4-3-5-7-15/h3-7,10,14H,8-9,11-12H2,1-2H3. The molecule has 4 nitrogen and oxygen atoms in total. The molecule has 0 bridgehead atoms. The zero-order valence-electron chi connectivity index (χ0n) is 13.0. The van der Waals surface area contributed by atoms with Crippen LogP contribution in [0.2, 0.25) is 5.28 Å². The van der Waals surface area contributed by atoms with Gasteiger partial charge in [-0.05, 0) is 31.0 Å². The lowest BCUT2D eigenvalue weighted by molar-refractivity contribution is 0.220. The SMILES string of the molecule is Cc1cc(N2CCN(Cc3ccccc3)CC2C)nc(Cl)n1. The number of rotatable bonds is 3. The third-order valence-corrected chi connectivity index (χ3v) is 4.24. The summed E-state index contributed by atoms with van der Waals surface area (Å²) in [4.78, 5) is 13.3. The fraction of sp³-hybridized carbons (Fsp3) is 0.412. The lowest BCUT2D eigenvalue weighted by atomic mass is 10.1. The van der Waals surface area contributed by atoms with Crippen molar-refractivity contribution in [1.82, 2.24) is 14.9 Å². The Morgan fingerprint density at radius 2 is 1.95 bits per heavy atom. The summed E-state index contributed by atoms with van der Waals surface area (Å²) in [7, 11) is 0. The van der Waals surface area contributed by atoms with Crippen LogP contribution in [0.3, 0.4) is 0 Å². The minimum absolute atomic E-state index is 0.328. The highest BCUT2D eigenvalue weighted by Crippen LogP contribution is 2.21. The number of anilines is 1. The first kappa shape index (κ1) is 15.3. The highest BCUT2D eigenvalue weighted by Gasteiger charge is 2.25. The molecule has 0 radical (unpaired) electrons. The van der Waals surface area contributed by atoms with Crippen LogP contribution < -0.4 is 4.90 Å². The first-order chi connectivity index (χ1) is 10.6. The van der Waals surface area contributed by atoms with Crippen molar-refractivity contribution >= 4 is 17.4 Å². The van der Waals surface area contributed by atoms with Gasteiger partial charge in [0, 0.05) is 44.0 Å². The molecule has 2 aromatic rings. The maximum atomic E-state index is 5.99. The predicted octanol–water partition coefficient (Wildman–Crippen LogP) is 3.15. The fourth-order valence-corrected chi connectivity index (χ4v) is 3.24. The molecular formula is C17H21ClN4. The number of hydrogen-bond acceptors (Lipinski definition) is 4. The number of nitrogens with zero attached hydrogens (tertiary/aromatic N) is 4.